The van der Waals surface area contributed by atoms with Crippen molar-refractivity contribution in [3.8, 4) is 5.75 Å². The molecule has 1 atom stereocenters. The summed E-state index contributed by atoms with van der Waals surface area (Å²) in [5.74, 6) is 1.00. The number of aryl methyl sites for hydroxylation is 2. The average molecular weight is 339 g/mol. The number of ether oxygens (including phenoxy) is 1. The first kappa shape index (κ1) is 18.4. The van der Waals surface area contributed by atoms with Gasteiger partial charge in [0.15, 0.2) is 0 Å². The lowest BCUT2D eigenvalue weighted by atomic mass is 10.1. The van der Waals surface area contributed by atoms with Crippen molar-refractivity contribution in [1.82, 2.24) is 14.5 Å². The smallest absolute Gasteiger partial charge is 0.319 e. The second-order valence-electron chi connectivity index (χ2n) is 5.96. The highest BCUT2D eigenvalue weighted by atomic mass is 19.3. The molecule has 1 aromatic heterocycles. The number of aliphatic hydroxyl groups is 1. The molecule has 0 bridgehead atoms. The Hall–Kier alpha value is -1.99. The molecule has 132 valence electrons. The zero-order valence-corrected chi connectivity index (χ0v) is 14.1. The van der Waals surface area contributed by atoms with Crippen molar-refractivity contribution in [2.24, 2.45) is 0 Å². The number of aromatic nitrogens is 2. The molecule has 0 saturated heterocycles. The van der Waals surface area contributed by atoms with Gasteiger partial charge < -0.3 is 9.84 Å². The molecule has 0 radical (unpaired) electrons. The molecule has 0 fully saturated rings. The number of halogens is 2. The minimum atomic E-state index is -2.62. The van der Waals surface area contributed by atoms with Crippen molar-refractivity contribution in [3.63, 3.8) is 0 Å². The number of aliphatic hydroxyl groups excluding tert-OH is 1. The van der Waals surface area contributed by atoms with Crippen LogP contribution in [-0.2, 0) is 6.54 Å². The van der Waals surface area contributed by atoms with E-state index in [9.17, 15) is 13.9 Å². The molecule has 0 aliphatic rings. The van der Waals surface area contributed by atoms with Crippen molar-refractivity contribution in [2.45, 2.75) is 33.0 Å². The fourth-order valence-electron chi connectivity index (χ4n) is 2.41. The highest BCUT2D eigenvalue weighted by Crippen LogP contribution is 2.19. The van der Waals surface area contributed by atoms with Crippen molar-refractivity contribution in [1.29, 1.82) is 0 Å². The first-order chi connectivity index (χ1) is 11.4. The quantitative estimate of drug-likeness (QED) is 0.803. The number of alkyl halides is 2. The third kappa shape index (κ3) is 5.01. The van der Waals surface area contributed by atoms with Crippen LogP contribution in [0.4, 0.5) is 8.78 Å². The predicted molar refractivity (Wildman–Crippen MR) is 87.2 cm³/mol. The Morgan fingerprint density at radius 2 is 2.08 bits per heavy atom. The summed E-state index contributed by atoms with van der Waals surface area (Å²) in [5.41, 5.74) is 2.08. The van der Waals surface area contributed by atoms with E-state index in [-0.39, 0.29) is 19.0 Å². The van der Waals surface area contributed by atoms with Gasteiger partial charge in [-0.25, -0.2) is 4.98 Å². The molecule has 1 aromatic carbocycles. The maximum absolute atomic E-state index is 12.8. The van der Waals surface area contributed by atoms with Crippen LogP contribution in [0.15, 0.2) is 30.6 Å². The molecule has 1 N–H and O–H groups in total. The fraction of sp³-hybridized carbons (Fsp3) is 0.471. The summed E-state index contributed by atoms with van der Waals surface area (Å²) in [6.07, 6.45) is 1.85. The van der Waals surface area contributed by atoms with Crippen LogP contribution in [0.25, 0.3) is 0 Å². The molecule has 0 aliphatic carbocycles. The van der Waals surface area contributed by atoms with E-state index in [1.165, 1.54) is 12.4 Å². The van der Waals surface area contributed by atoms with Crippen LogP contribution in [0, 0.1) is 13.8 Å². The largest absolute Gasteiger partial charge is 0.491 e. The van der Waals surface area contributed by atoms with Gasteiger partial charge in [-0.2, -0.15) is 8.78 Å². The van der Waals surface area contributed by atoms with Crippen LogP contribution < -0.4 is 4.74 Å². The van der Waals surface area contributed by atoms with Gasteiger partial charge in [0.05, 0.1) is 6.54 Å². The topological polar surface area (TPSA) is 50.5 Å². The van der Waals surface area contributed by atoms with Crippen LogP contribution in [-0.4, -0.2) is 45.9 Å². The van der Waals surface area contributed by atoms with E-state index in [0.717, 1.165) is 21.4 Å². The third-order valence-corrected chi connectivity index (χ3v) is 3.67. The van der Waals surface area contributed by atoms with Gasteiger partial charge in [0.25, 0.3) is 0 Å². The average Bonchev–Trinajstić information content (AvgIpc) is 2.96. The van der Waals surface area contributed by atoms with Gasteiger partial charge in [-0.3, -0.25) is 9.47 Å². The normalized spacial score (nSPS) is 12.8. The molecule has 0 aliphatic heterocycles. The highest BCUT2D eigenvalue weighted by molar-refractivity contribution is 5.35. The monoisotopic (exact) mass is 339 g/mol. The molecule has 1 heterocycles. The Labute approximate surface area is 140 Å². The van der Waals surface area contributed by atoms with E-state index in [2.05, 4.69) is 4.98 Å². The Kier molecular flexibility index (Phi) is 6.28. The summed E-state index contributed by atoms with van der Waals surface area (Å²) in [7, 11) is 1.74. The summed E-state index contributed by atoms with van der Waals surface area (Å²) < 4.78 is 32.1. The molecule has 0 saturated carbocycles. The minimum absolute atomic E-state index is 0.137. The lowest BCUT2D eigenvalue weighted by Gasteiger charge is -2.21. The lowest BCUT2D eigenvalue weighted by Crippen LogP contribution is -2.33. The molecule has 0 spiro atoms. The number of likely N-dealkylation sites (N-methyl/N-ethyl adjacent to an activating group) is 1. The van der Waals surface area contributed by atoms with Crippen molar-refractivity contribution in [2.75, 3.05) is 20.2 Å². The molecule has 24 heavy (non-hydrogen) atoms. The molecule has 2 rings (SSSR count). The summed E-state index contributed by atoms with van der Waals surface area (Å²) >= 11 is 0. The Bertz CT molecular complexity index is 661. The van der Waals surface area contributed by atoms with E-state index < -0.39 is 12.7 Å². The zero-order valence-electron chi connectivity index (χ0n) is 14.1. The van der Waals surface area contributed by atoms with Crippen LogP contribution in [0.2, 0.25) is 0 Å². The van der Waals surface area contributed by atoms with Crippen molar-refractivity contribution >= 4 is 0 Å². The van der Waals surface area contributed by atoms with Gasteiger partial charge in [-0.1, -0.05) is 12.1 Å². The maximum atomic E-state index is 12.8. The SMILES string of the molecule is Cc1ccc(C)c(OCC(O)CN(C)Cc2nccn2C(F)F)c1. The second-order valence-corrected chi connectivity index (χ2v) is 5.96. The first-order valence-corrected chi connectivity index (χ1v) is 7.73. The first-order valence-electron chi connectivity index (χ1n) is 7.73. The number of hydrogen-bond acceptors (Lipinski definition) is 4. The Morgan fingerprint density at radius 3 is 2.79 bits per heavy atom. The molecule has 0 amide bonds. The second kappa shape index (κ2) is 8.21. The number of nitrogens with zero attached hydrogens (tertiary/aromatic N) is 3. The lowest BCUT2D eigenvalue weighted by molar-refractivity contribution is 0.0572. The standard InChI is InChI=1S/C17H23F2N3O2/c1-12-4-5-13(2)15(8-12)24-11-14(23)9-21(3)10-16-20-6-7-22(16)17(18)19/h4-8,14,17,23H,9-11H2,1-3H3. The van der Waals surface area contributed by atoms with Crippen LogP contribution in [0.1, 0.15) is 23.5 Å². The van der Waals surface area contributed by atoms with Crippen molar-refractivity contribution in [3.05, 3.63) is 47.5 Å². The molecule has 1 unspecified atom stereocenters. The van der Waals surface area contributed by atoms with Crippen LogP contribution >= 0.6 is 0 Å². The van der Waals surface area contributed by atoms with Gasteiger partial charge in [0, 0.05) is 18.9 Å². The van der Waals surface area contributed by atoms with E-state index in [1.54, 1.807) is 11.9 Å². The Balaban J connectivity index is 1.84. The number of rotatable bonds is 8. The van der Waals surface area contributed by atoms with Crippen LogP contribution in [0.5, 0.6) is 5.75 Å². The van der Waals surface area contributed by atoms with Crippen molar-refractivity contribution < 1.29 is 18.6 Å². The van der Waals surface area contributed by atoms with E-state index >= 15 is 0 Å². The van der Waals surface area contributed by atoms with Gasteiger partial charge >= 0.3 is 6.55 Å². The summed E-state index contributed by atoms with van der Waals surface area (Å²) in [6.45, 7) is 1.95. The number of imidazole rings is 1. The van der Waals surface area contributed by atoms with E-state index in [4.69, 9.17) is 4.74 Å². The number of hydrogen-bond donors (Lipinski definition) is 1. The van der Waals surface area contributed by atoms with Gasteiger partial charge in [-0.15, -0.1) is 0 Å². The molecule has 7 heteroatoms. The third-order valence-electron chi connectivity index (χ3n) is 3.67. The van der Waals surface area contributed by atoms with Gasteiger partial charge in [0.2, 0.25) is 0 Å². The van der Waals surface area contributed by atoms with E-state index in [0.29, 0.717) is 6.54 Å². The maximum Gasteiger partial charge on any atom is 0.319 e. The predicted octanol–water partition coefficient (Wildman–Crippen LogP) is 2.77. The molecule has 2 aromatic rings. The summed E-state index contributed by atoms with van der Waals surface area (Å²) in [5, 5.41) is 10.1. The zero-order chi connectivity index (χ0) is 17.7. The number of benzene rings is 1. The molecular formula is C17H23F2N3O2. The van der Waals surface area contributed by atoms with Gasteiger partial charge in [-0.05, 0) is 38.1 Å². The van der Waals surface area contributed by atoms with Gasteiger partial charge in [0.1, 0.15) is 24.3 Å². The minimum Gasteiger partial charge on any atom is -0.491 e. The fourth-order valence-corrected chi connectivity index (χ4v) is 2.41. The van der Waals surface area contributed by atoms with E-state index in [1.807, 2.05) is 32.0 Å². The highest BCUT2D eigenvalue weighted by Gasteiger charge is 2.15. The molecule has 5 nitrogen and oxygen atoms in total. The van der Waals surface area contributed by atoms with Crippen LogP contribution in [0.3, 0.4) is 0 Å². The molecular weight excluding hydrogens is 316 g/mol. The Morgan fingerprint density at radius 1 is 1.33 bits per heavy atom. The summed E-state index contributed by atoms with van der Waals surface area (Å²) in [4.78, 5) is 5.66. The summed E-state index contributed by atoms with van der Waals surface area (Å²) in [6, 6.07) is 5.88.